The van der Waals surface area contributed by atoms with Crippen LogP contribution in [0.4, 0.5) is 5.69 Å². The van der Waals surface area contributed by atoms with Crippen molar-refractivity contribution in [1.29, 1.82) is 5.26 Å². The van der Waals surface area contributed by atoms with Crippen molar-refractivity contribution in [3.8, 4) is 6.07 Å². The fourth-order valence-corrected chi connectivity index (χ4v) is 4.56. The molecule has 0 aromatic heterocycles. The van der Waals surface area contributed by atoms with Crippen LogP contribution in [0.5, 0.6) is 0 Å². The molecule has 1 atom stereocenters. The Labute approximate surface area is 198 Å². The molecule has 7 heteroatoms. The SMILES string of the molecule is N#CC1=C(c2ccc(C3=CCCC=C3)cc2)NC(SCc2ccc(N)cc2)=NC1NCCO. The van der Waals surface area contributed by atoms with E-state index >= 15 is 0 Å². The zero-order valence-corrected chi connectivity index (χ0v) is 19.1. The van der Waals surface area contributed by atoms with E-state index in [1.807, 2.05) is 36.4 Å². The molecule has 2 aliphatic rings. The highest BCUT2D eigenvalue weighted by atomic mass is 32.2. The largest absolute Gasteiger partial charge is 0.399 e. The maximum atomic E-state index is 9.91. The fraction of sp³-hybridized carbons (Fsp3) is 0.231. The van der Waals surface area contributed by atoms with Crippen LogP contribution in [0.2, 0.25) is 0 Å². The number of nitrogens with one attached hydrogen (secondary N) is 2. The lowest BCUT2D eigenvalue weighted by Crippen LogP contribution is -2.39. The number of nitrogens with two attached hydrogens (primary N) is 1. The third-order valence-corrected chi connectivity index (χ3v) is 6.41. The number of aliphatic hydroxyl groups excluding tert-OH is 1. The molecule has 1 unspecified atom stereocenters. The Morgan fingerprint density at radius 2 is 1.88 bits per heavy atom. The minimum absolute atomic E-state index is 0.0290. The molecule has 33 heavy (non-hydrogen) atoms. The highest BCUT2D eigenvalue weighted by Gasteiger charge is 2.25. The molecule has 0 spiro atoms. The standard InChI is InChI=1S/C26H27N5OS/c27-16-23-24(21-10-8-20(9-11-21)19-4-2-1-3-5-19)30-26(31-25(23)29-14-15-32)33-17-18-6-12-22(28)13-7-18/h2,4-13,25,29,32H,1,3,14-15,17,28H2,(H,30,31). The topological polar surface area (TPSA) is 106 Å². The number of nitrogens with zero attached hydrogens (tertiary/aromatic N) is 2. The number of rotatable bonds is 7. The van der Waals surface area contributed by atoms with Gasteiger partial charge in [0.05, 0.1) is 17.9 Å². The Kier molecular flexibility index (Phi) is 7.63. The molecule has 0 saturated carbocycles. The van der Waals surface area contributed by atoms with Crippen molar-refractivity contribution >= 4 is 33.9 Å². The van der Waals surface area contributed by atoms with Crippen LogP contribution in [-0.4, -0.2) is 29.6 Å². The number of aliphatic imine (C=N–C) groups is 1. The van der Waals surface area contributed by atoms with E-state index in [1.54, 1.807) is 11.8 Å². The van der Waals surface area contributed by atoms with E-state index in [9.17, 15) is 10.4 Å². The molecule has 2 aromatic carbocycles. The number of hydrogen-bond acceptors (Lipinski definition) is 7. The first-order valence-electron chi connectivity index (χ1n) is 11.0. The maximum absolute atomic E-state index is 9.91. The van der Waals surface area contributed by atoms with E-state index in [2.05, 4.69) is 47.1 Å². The summed E-state index contributed by atoms with van der Waals surface area (Å²) >= 11 is 1.56. The van der Waals surface area contributed by atoms with Crippen molar-refractivity contribution in [2.45, 2.75) is 24.8 Å². The Bertz CT molecular complexity index is 1140. The van der Waals surface area contributed by atoms with Crippen LogP contribution >= 0.6 is 11.8 Å². The number of benzene rings is 2. The van der Waals surface area contributed by atoms with Crippen molar-refractivity contribution < 1.29 is 5.11 Å². The van der Waals surface area contributed by atoms with Crippen molar-refractivity contribution in [2.24, 2.45) is 4.99 Å². The zero-order valence-electron chi connectivity index (χ0n) is 18.3. The molecule has 0 saturated heterocycles. The smallest absolute Gasteiger partial charge is 0.163 e. The van der Waals surface area contributed by atoms with Crippen LogP contribution in [0.1, 0.15) is 29.5 Å². The van der Waals surface area contributed by atoms with Gasteiger partial charge in [-0.15, -0.1) is 0 Å². The molecular weight excluding hydrogens is 430 g/mol. The summed E-state index contributed by atoms with van der Waals surface area (Å²) in [5.41, 5.74) is 12.2. The minimum Gasteiger partial charge on any atom is -0.399 e. The predicted molar refractivity (Wildman–Crippen MR) is 137 cm³/mol. The molecule has 6 nitrogen and oxygen atoms in total. The fourth-order valence-electron chi connectivity index (χ4n) is 3.71. The summed E-state index contributed by atoms with van der Waals surface area (Å²) in [6.07, 6.45) is 8.23. The quantitative estimate of drug-likeness (QED) is 0.468. The highest BCUT2D eigenvalue weighted by Crippen LogP contribution is 2.28. The predicted octanol–water partition coefficient (Wildman–Crippen LogP) is 4.04. The van der Waals surface area contributed by atoms with Crippen molar-refractivity contribution in [1.82, 2.24) is 10.6 Å². The molecule has 0 amide bonds. The molecule has 0 bridgehead atoms. The van der Waals surface area contributed by atoms with Crippen LogP contribution in [0.15, 0.2) is 77.3 Å². The van der Waals surface area contributed by atoms with Gasteiger partial charge in [-0.05, 0) is 47.2 Å². The van der Waals surface area contributed by atoms with Crippen LogP contribution < -0.4 is 16.4 Å². The van der Waals surface area contributed by atoms with Gasteiger partial charge in [-0.25, -0.2) is 4.99 Å². The second-order valence-electron chi connectivity index (χ2n) is 7.79. The normalized spacial score (nSPS) is 17.8. The average Bonchev–Trinajstić information content (AvgIpc) is 2.87. The second-order valence-corrected chi connectivity index (χ2v) is 8.75. The van der Waals surface area contributed by atoms with E-state index in [-0.39, 0.29) is 6.61 Å². The Morgan fingerprint density at radius 1 is 1.12 bits per heavy atom. The molecule has 2 aromatic rings. The summed E-state index contributed by atoms with van der Waals surface area (Å²) in [6, 6.07) is 18.3. The maximum Gasteiger partial charge on any atom is 0.163 e. The summed E-state index contributed by atoms with van der Waals surface area (Å²) in [5.74, 6) is 0.716. The number of hydrogen-bond donors (Lipinski definition) is 4. The van der Waals surface area contributed by atoms with Crippen molar-refractivity contribution in [3.63, 3.8) is 0 Å². The van der Waals surface area contributed by atoms with Crippen LogP contribution in [-0.2, 0) is 5.75 Å². The van der Waals surface area contributed by atoms with Gasteiger partial charge in [-0.1, -0.05) is 66.4 Å². The zero-order chi connectivity index (χ0) is 23.0. The lowest BCUT2D eigenvalue weighted by Gasteiger charge is -2.25. The Morgan fingerprint density at radius 3 is 2.55 bits per heavy atom. The summed E-state index contributed by atoms with van der Waals surface area (Å²) in [5, 5.41) is 26.5. The molecule has 0 radical (unpaired) electrons. The monoisotopic (exact) mass is 457 g/mol. The van der Waals surface area contributed by atoms with Gasteiger partial charge in [-0.3, -0.25) is 5.32 Å². The molecule has 1 aliphatic heterocycles. The number of anilines is 1. The molecule has 1 heterocycles. The molecular formula is C26H27N5OS. The van der Waals surface area contributed by atoms with Gasteiger partial charge in [0, 0.05) is 18.0 Å². The van der Waals surface area contributed by atoms with Crippen LogP contribution in [0.25, 0.3) is 11.3 Å². The number of nitrogen functional groups attached to an aromatic ring is 1. The summed E-state index contributed by atoms with van der Waals surface area (Å²) in [4.78, 5) is 4.69. The van der Waals surface area contributed by atoms with Crippen molar-refractivity contribution in [2.75, 3.05) is 18.9 Å². The Balaban J connectivity index is 1.58. The summed E-state index contributed by atoms with van der Waals surface area (Å²) in [6.45, 7) is 0.320. The van der Waals surface area contributed by atoms with E-state index in [4.69, 9.17) is 10.7 Å². The number of allylic oxidation sites excluding steroid dienone is 4. The molecule has 0 fully saturated rings. The van der Waals surface area contributed by atoms with Gasteiger partial charge < -0.3 is 16.2 Å². The lowest BCUT2D eigenvalue weighted by atomic mass is 9.97. The Hall–Kier alpha value is -3.31. The van der Waals surface area contributed by atoms with E-state index < -0.39 is 6.17 Å². The van der Waals surface area contributed by atoms with Gasteiger partial charge in [0.1, 0.15) is 12.2 Å². The minimum atomic E-state index is -0.518. The van der Waals surface area contributed by atoms with Crippen LogP contribution in [0, 0.1) is 11.3 Å². The summed E-state index contributed by atoms with van der Waals surface area (Å²) in [7, 11) is 0. The van der Waals surface area contributed by atoms with Gasteiger partial charge in [0.2, 0.25) is 0 Å². The van der Waals surface area contributed by atoms with E-state index in [1.165, 1.54) is 5.57 Å². The molecule has 5 N–H and O–H groups in total. The molecule has 168 valence electrons. The first kappa shape index (κ1) is 22.9. The summed E-state index contributed by atoms with van der Waals surface area (Å²) < 4.78 is 0. The first-order valence-corrected chi connectivity index (χ1v) is 11.9. The number of aliphatic hydroxyl groups is 1. The number of nitriles is 1. The van der Waals surface area contributed by atoms with Gasteiger partial charge >= 0.3 is 0 Å². The third kappa shape index (κ3) is 5.74. The average molecular weight is 458 g/mol. The number of thioether (sulfide) groups is 1. The van der Waals surface area contributed by atoms with Crippen molar-refractivity contribution in [3.05, 3.63) is 89.0 Å². The van der Waals surface area contributed by atoms with Crippen LogP contribution in [0.3, 0.4) is 0 Å². The number of amidine groups is 1. The van der Waals surface area contributed by atoms with E-state index in [0.29, 0.717) is 17.9 Å². The lowest BCUT2D eigenvalue weighted by molar-refractivity contribution is 0.288. The van der Waals surface area contributed by atoms with E-state index in [0.717, 1.165) is 46.1 Å². The van der Waals surface area contributed by atoms with Gasteiger partial charge in [-0.2, -0.15) is 5.26 Å². The second kappa shape index (κ2) is 11.0. The third-order valence-electron chi connectivity index (χ3n) is 5.45. The molecule has 4 rings (SSSR count). The highest BCUT2D eigenvalue weighted by molar-refractivity contribution is 8.13. The first-order chi connectivity index (χ1) is 16.2. The van der Waals surface area contributed by atoms with Gasteiger partial charge in [0.25, 0.3) is 0 Å². The van der Waals surface area contributed by atoms with Gasteiger partial charge in [0.15, 0.2) is 5.17 Å². The molecule has 1 aliphatic carbocycles.